The SMILES string of the molecule is COc1ccc(NC(=O)c2ccc(CN3CCN(S(=O)(=O)c4ccc(C)cc4)CC3)cc2)c(OC)c1. The van der Waals surface area contributed by atoms with Crippen molar-refractivity contribution in [2.45, 2.75) is 18.4 Å². The number of aryl methyl sites for hydroxylation is 1. The Kier molecular flexibility index (Phi) is 7.93. The van der Waals surface area contributed by atoms with E-state index in [-0.39, 0.29) is 5.91 Å². The molecule has 1 fully saturated rings. The Morgan fingerprint density at radius 1 is 0.889 bits per heavy atom. The number of nitrogens with zero attached hydrogens (tertiary/aromatic N) is 2. The number of ether oxygens (including phenoxy) is 2. The van der Waals surface area contributed by atoms with Crippen LogP contribution < -0.4 is 14.8 Å². The van der Waals surface area contributed by atoms with Gasteiger partial charge in [-0.2, -0.15) is 4.31 Å². The lowest BCUT2D eigenvalue weighted by Gasteiger charge is -2.34. The number of rotatable bonds is 8. The number of carbonyl (C=O) groups is 1. The zero-order valence-corrected chi connectivity index (χ0v) is 21.5. The molecule has 0 saturated carbocycles. The standard InChI is InChI=1S/C27H31N3O5S/c1-20-4-11-24(12-5-20)36(32,33)30-16-14-29(15-17-30)19-21-6-8-22(9-7-21)27(31)28-25-13-10-23(34-2)18-26(25)35-3/h4-13,18H,14-17,19H2,1-3H3,(H,28,31). The molecule has 0 bridgehead atoms. The molecular formula is C27H31N3O5S. The van der Waals surface area contributed by atoms with Gasteiger partial charge in [0.2, 0.25) is 10.0 Å². The summed E-state index contributed by atoms with van der Waals surface area (Å²) in [6.45, 7) is 4.80. The lowest BCUT2D eigenvalue weighted by Crippen LogP contribution is -2.48. The van der Waals surface area contributed by atoms with Crippen LogP contribution >= 0.6 is 0 Å². The van der Waals surface area contributed by atoms with E-state index in [9.17, 15) is 13.2 Å². The first kappa shape index (κ1) is 25.7. The van der Waals surface area contributed by atoms with E-state index < -0.39 is 10.0 Å². The van der Waals surface area contributed by atoms with E-state index >= 15 is 0 Å². The van der Waals surface area contributed by atoms with Crippen molar-refractivity contribution in [3.63, 3.8) is 0 Å². The van der Waals surface area contributed by atoms with Crippen LogP contribution in [0.4, 0.5) is 5.69 Å². The number of benzene rings is 3. The molecule has 1 N–H and O–H groups in total. The van der Waals surface area contributed by atoms with Crippen molar-refractivity contribution in [1.82, 2.24) is 9.21 Å². The van der Waals surface area contributed by atoms with Gasteiger partial charge in [-0.1, -0.05) is 29.8 Å². The Hall–Kier alpha value is -3.40. The molecule has 190 valence electrons. The van der Waals surface area contributed by atoms with Gasteiger partial charge in [0.25, 0.3) is 5.91 Å². The van der Waals surface area contributed by atoms with Gasteiger partial charge >= 0.3 is 0 Å². The molecule has 1 aliphatic heterocycles. The molecule has 1 saturated heterocycles. The lowest BCUT2D eigenvalue weighted by molar-refractivity contribution is 0.102. The lowest BCUT2D eigenvalue weighted by atomic mass is 10.1. The van der Waals surface area contributed by atoms with Crippen molar-refractivity contribution in [3.05, 3.63) is 83.4 Å². The van der Waals surface area contributed by atoms with Crippen molar-refractivity contribution >= 4 is 21.6 Å². The summed E-state index contributed by atoms with van der Waals surface area (Å²) in [6, 6.07) is 19.6. The third-order valence-electron chi connectivity index (χ3n) is 6.27. The molecular weight excluding hydrogens is 478 g/mol. The fourth-order valence-corrected chi connectivity index (χ4v) is 5.53. The van der Waals surface area contributed by atoms with Crippen LogP contribution in [0, 0.1) is 6.92 Å². The summed E-state index contributed by atoms with van der Waals surface area (Å²) < 4.78 is 37.9. The zero-order valence-electron chi connectivity index (χ0n) is 20.7. The van der Waals surface area contributed by atoms with E-state index in [0.717, 1.165) is 11.1 Å². The monoisotopic (exact) mass is 509 g/mol. The molecule has 3 aromatic rings. The molecule has 0 spiro atoms. The van der Waals surface area contributed by atoms with Crippen LogP contribution in [-0.2, 0) is 16.6 Å². The number of amides is 1. The van der Waals surface area contributed by atoms with Gasteiger partial charge in [-0.3, -0.25) is 9.69 Å². The smallest absolute Gasteiger partial charge is 0.255 e. The zero-order chi connectivity index (χ0) is 25.7. The fourth-order valence-electron chi connectivity index (χ4n) is 4.10. The number of carbonyl (C=O) groups excluding carboxylic acids is 1. The minimum absolute atomic E-state index is 0.236. The normalized spacial score (nSPS) is 14.9. The summed E-state index contributed by atoms with van der Waals surface area (Å²) in [5, 5.41) is 2.87. The van der Waals surface area contributed by atoms with Gasteiger partial charge in [-0.15, -0.1) is 0 Å². The fraction of sp³-hybridized carbons (Fsp3) is 0.296. The number of nitrogens with one attached hydrogen (secondary N) is 1. The summed E-state index contributed by atoms with van der Waals surface area (Å²) in [5.74, 6) is 0.922. The molecule has 0 aromatic heterocycles. The van der Waals surface area contributed by atoms with E-state index in [1.807, 2.05) is 31.2 Å². The Balaban J connectivity index is 1.32. The summed E-state index contributed by atoms with van der Waals surface area (Å²) in [7, 11) is -0.369. The van der Waals surface area contributed by atoms with Crippen LogP contribution in [0.1, 0.15) is 21.5 Å². The molecule has 4 rings (SSSR count). The van der Waals surface area contributed by atoms with Crippen molar-refractivity contribution in [2.75, 3.05) is 45.7 Å². The molecule has 1 amide bonds. The summed E-state index contributed by atoms with van der Waals surface area (Å²) in [5.41, 5.74) is 3.18. The second kappa shape index (κ2) is 11.1. The van der Waals surface area contributed by atoms with Crippen molar-refractivity contribution in [3.8, 4) is 11.5 Å². The number of sulfonamides is 1. The minimum Gasteiger partial charge on any atom is -0.497 e. The van der Waals surface area contributed by atoms with Gasteiger partial charge in [-0.25, -0.2) is 8.42 Å². The largest absolute Gasteiger partial charge is 0.497 e. The Labute approximate surface area is 212 Å². The summed E-state index contributed by atoms with van der Waals surface area (Å²) in [4.78, 5) is 15.3. The molecule has 0 radical (unpaired) electrons. The second-order valence-corrected chi connectivity index (χ2v) is 10.6. The predicted molar refractivity (Wildman–Crippen MR) is 139 cm³/mol. The van der Waals surface area contributed by atoms with E-state index in [4.69, 9.17) is 9.47 Å². The third-order valence-corrected chi connectivity index (χ3v) is 8.18. The van der Waals surface area contributed by atoms with Crippen molar-refractivity contribution in [2.24, 2.45) is 0 Å². The maximum Gasteiger partial charge on any atom is 0.255 e. The van der Waals surface area contributed by atoms with Crippen molar-refractivity contribution < 1.29 is 22.7 Å². The number of piperazine rings is 1. The van der Waals surface area contributed by atoms with Crippen LogP contribution in [0.25, 0.3) is 0 Å². The highest BCUT2D eigenvalue weighted by Crippen LogP contribution is 2.29. The average Bonchev–Trinajstić information content (AvgIpc) is 2.90. The van der Waals surface area contributed by atoms with E-state index in [2.05, 4.69) is 10.2 Å². The molecule has 0 atom stereocenters. The first-order valence-electron chi connectivity index (χ1n) is 11.7. The second-order valence-electron chi connectivity index (χ2n) is 8.71. The molecule has 1 heterocycles. The highest BCUT2D eigenvalue weighted by atomic mass is 32.2. The van der Waals surface area contributed by atoms with E-state index in [0.29, 0.717) is 60.4 Å². The van der Waals surface area contributed by atoms with Crippen LogP contribution in [0.5, 0.6) is 11.5 Å². The van der Waals surface area contributed by atoms with Crippen LogP contribution in [0.15, 0.2) is 71.6 Å². The minimum atomic E-state index is -3.48. The van der Waals surface area contributed by atoms with Crippen LogP contribution in [0.2, 0.25) is 0 Å². The van der Waals surface area contributed by atoms with Crippen LogP contribution in [-0.4, -0.2) is 63.9 Å². The third kappa shape index (κ3) is 5.87. The average molecular weight is 510 g/mol. The number of anilines is 1. The first-order valence-corrected chi connectivity index (χ1v) is 13.2. The van der Waals surface area contributed by atoms with Gasteiger partial charge < -0.3 is 14.8 Å². The number of hydrogen-bond donors (Lipinski definition) is 1. The van der Waals surface area contributed by atoms with Crippen molar-refractivity contribution in [1.29, 1.82) is 0 Å². The summed E-state index contributed by atoms with van der Waals surface area (Å²) in [6.07, 6.45) is 0. The van der Waals surface area contributed by atoms with Gasteiger partial charge in [0, 0.05) is 44.4 Å². The maximum atomic E-state index is 12.9. The molecule has 0 aliphatic carbocycles. The molecule has 8 nitrogen and oxygen atoms in total. The van der Waals surface area contributed by atoms with Gasteiger partial charge in [0.1, 0.15) is 11.5 Å². The molecule has 0 unspecified atom stereocenters. The van der Waals surface area contributed by atoms with Gasteiger partial charge in [0.05, 0.1) is 24.8 Å². The molecule has 1 aliphatic rings. The number of methoxy groups -OCH3 is 2. The number of hydrogen-bond acceptors (Lipinski definition) is 6. The maximum absolute atomic E-state index is 12.9. The predicted octanol–water partition coefficient (Wildman–Crippen LogP) is 3.77. The van der Waals surface area contributed by atoms with Gasteiger partial charge in [-0.05, 0) is 48.9 Å². The molecule has 3 aromatic carbocycles. The topological polar surface area (TPSA) is 88.2 Å². The van der Waals surface area contributed by atoms with Crippen LogP contribution in [0.3, 0.4) is 0 Å². The Bertz CT molecular complexity index is 1300. The highest BCUT2D eigenvalue weighted by molar-refractivity contribution is 7.89. The Morgan fingerprint density at radius 2 is 1.56 bits per heavy atom. The Morgan fingerprint density at radius 3 is 2.17 bits per heavy atom. The quantitative estimate of drug-likeness (QED) is 0.497. The van der Waals surface area contributed by atoms with E-state index in [1.165, 1.54) is 7.11 Å². The van der Waals surface area contributed by atoms with E-state index in [1.54, 1.807) is 53.9 Å². The highest BCUT2D eigenvalue weighted by Gasteiger charge is 2.28. The first-order chi connectivity index (χ1) is 17.3. The molecule has 36 heavy (non-hydrogen) atoms. The molecule has 9 heteroatoms. The van der Waals surface area contributed by atoms with Gasteiger partial charge in [0.15, 0.2) is 0 Å². The summed E-state index contributed by atoms with van der Waals surface area (Å²) >= 11 is 0.